The van der Waals surface area contributed by atoms with E-state index in [1.807, 2.05) is 0 Å². The standard InChI is InChI=1S/C12H17FN2O3/c1-14-10(11(15-2)12(16)17)8-6-7(13)4-5-9(8)18-3/h4-6,10-11,14-15H,1-3H3,(H,16,17). The molecule has 0 aliphatic rings. The fourth-order valence-corrected chi connectivity index (χ4v) is 1.88. The van der Waals surface area contributed by atoms with Gasteiger partial charge >= 0.3 is 5.97 Å². The molecule has 18 heavy (non-hydrogen) atoms. The van der Waals surface area contributed by atoms with Crippen molar-refractivity contribution in [2.24, 2.45) is 0 Å². The molecule has 0 saturated heterocycles. The molecule has 1 aromatic rings. The third-order valence-electron chi connectivity index (χ3n) is 2.75. The molecule has 2 atom stereocenters. The van der Waals surface area contributed by atoms with Crippen molar-refractivity contribution in [3.05, 3.63) is 29.6 Å². The second kappa shape index (κ2) is 6.32. The van der Waals surface area contributed by atoms with Crippen molar-refractivity contribution < 1.29 is 19.0 Å². The first-order chi connectivity index (χ1) is 8.54. The number of carboxylic acid groups (broad SMARTS) is 1. The van der Waals surface area contributed by atoms with Crippen molar-refractivity contribution in [1.82, 2.24) is 10.6 Å². The lowest BCUT2D eigenvalue weighted by molar-refractivity contribution is -0.140. The summed E-state index contributed by atoms with van der Waals surface area (Å²) in [5.41, 5.74) is 0.460. The minimum atomic E-state index is -1.02. The molecule has 0 fully saturated rings. The SMILES string of the molecule is CNC(C(=O)O)C(NC)c1cc(F)ccc1OC. The lowest BCUT2D eigenvalue weighted by atomic mass is 9.98. The van der Waals surface area contributed by atoms with Crippen LogP contribution in [0.15, 0.2) is 18.2 Å². The maximum absolute atomic E-state index is 13.3. The van der Waals surface area contributed by atoms with Gasteiger partial charge in [0, 0.05) is 5.56 Å². The Kier molecular flexibility index (Phi) is 5.06. The van der Waals surface area contributed by atoms with E-state index in [2.05, 4.69) is 10.6 Å². The van der Waals surface area contributed by atoms with Crippen LogP contribution in [-0.2, 0) is 4.79 Å². The van der Waals surface area contributed by atoms with Gasteiger partial charge in [-0.05, 0) is 32.3 Å². The Balaban J connectivity index is 3.22. The van der Waals surface area contributed by atoms with E-state index < -0.39 is 23.9 Å². The number of hydrogen-bond donors (Lipinski definition) is 3. The van der Waals surface area contributed by atoms with Crippen molar-refractivity contribution in [1.29, 1.82) is 0 Å². The molecule has 6 heteroatoms. The van der Waals surface area contributed by atoms with Gasteiger partial charge in [0.1, 0.15) is 17.6 Å². The number of benzene rings is 1. The third kappa shape index (κ3) is 2.96. The Morgan fingerprint density at radius 1 is 1.39 bits per heavy atom. The molecule has 0 bridgehead atoms. The molecule has 1 aromatic carbocycles. The highest BCUT2D eigenvalue weighted by Crippen LogP contribution is 2.28. The summed E-state index contributed by atoms with van der Waals surface area (Å²) in [4.78, 5) is 11.2. The summed E-state index contributed by atoms with van der Waals surface area (Å²) in [6.45, 7) is 0. The van der Waals surface area contributed by atoms with Crippen molar-refractivity contribution in [2.75, 3.05) is 21.2 Å². The number of rotatable bonds is 6. The zero-order chi connectivity index (χ0) is 13.7. The molecule has 0 spiro atoms. The molecule has 0 heterocycles. The van der Waals surface area contributed by atoms with Crippen LogP contribution in [0.2, 0.25) is 0 Å². The van der Waals surface area contributed by atoms with Gasteiger partial charge in [-0.25, -0.2) is 4.39 Å². The quantitative estimate of drug-likeness (QED) is 0.701. The first kappa shape index (κ1) is 14.4. The molecule has 0 aliphatic carbocycles. The maximum Gasteiger partial charge on any atom is 0.322 e. The number of methoxy groups -OCH3 is 1. The van der Waals surface area contributed by atoms with Gasteiger partial charge in [-0.1, -0.05) is 0 Å². The van der Waals surface area contributed by atoms with Gasteiger partial charge < -0.3 is 20.5 Å². The van der Waals surface area contributed by atoms with Crippen LogP contribution in [0.5, 0.6) is 5.75 Å². The number of halogens is 1. The first-order valence-electron chi connectivity index (χ1n) is 5.46. The molecule has 2 unspecified atom stereocenters. The molecule has 0 aliphatic heterocycles. The summed E-state index contributed by atoms with van der Waals surface area (Å²) in [7, 11) is 4.61. The average molecular weight is 256 g/mol. The Hall–Kier alpha value is -1.66. The van der Waals surface area contributed by atoms with E-state index in [1.54, 1.807) is 7.05 Å². The smallest absolute Gasteiger partial charge is 0.322 e. The highest BCUT2D eigenvalue weighted by molar-refractivity contribution is 5.75. The summed E-state index contributed by atoms with van der Waals surface area (Å²) in [5, 5.41) is 14.7. The van der Waals surface area contributed by atoms with Crippen LogP contribution >= 0.6 is 0 Å². The largest absolute Gasteiger partial charge is 0.496 e. The van der Waals surface area contributed by atoms with Crippen LogP contribution in [0.4, 0.5) is 4.39 Å². The predicted octanol–water partition coefficient (Wildman–Crippen LogP) is 0.767. The Morgan fingerprint density at radius 3 is 2.50 bits per heavy atom. The van der Waals surface area contributed by atoms with E-state index >= 15 is 0 Å². The second-order valence-electron chi connectivity index (χ2n) is 3.76. The lowest BCUT2D eigenvalue weighted by Gasteiger charge is -2.25. The fraction of sp³-hybridized carbons (Fsp3) is 0.417. The van der Waals surface area contributed by atoms with Gasteiger partial charge in [-0.2, -0.15) is 0 Å². The maximum atomic E-state index is 13.3. The summed E-state index contributed by atoms with van der Waals surface area (Å²) >= 11 is 0. The number of aliphatic carboxylic acids is 1. The van der Waals surface area contributed by atoms with Gasteiger partial charge in [-0.15, -0.1) is 0 Å². The molecular formula is C12H17FN2O3. The number of carbonyl (C=O) groups is 1. The third-order valence-corrected chi connectivity index (χ3v) is 2.75. The minimum absolute atomic E-state index is 0.439. The number of hydrogen-bond acceptors (Lipinski definition) is 4. The van der Waals surface area contributed by atoms with Gasteiger partial charge in [0.2, 0.25) is 0 Å². The van der Waals surface area contributed by atoms with E-state index in [9.17, 15) is 9.18 Å². The van der Waals surface area contributed by atoms with Gasteiger partial charge in [0.25, 0.3) is 0 Å². The van der Waals surface area contributed by atoms with Crippen LogP contribution in [-0.4, -0.2) is 38.3 Å². The zero-order valence-corrected chi connectivity index (χ0v) is 10.5. The number of likely N-dealkylation sites (N-methyl/N-ethyl adjacent to an activating group) is 2. The molecule has 0 aromatic heterocycles. The van der Waals surface area contributed by atoms with Gasteiger partial charge in [0.15, 0.2) is 0 Å². The normalized spacial score (nSPS) is 14.0. The van der Waals surface area contributed by atoms with Crippen LogP contribution in [0, 0.1) is 5.82 Å². The topological polar surface area (TPSA) is 70.6 Å². The van der Waals surface area contributed by atoms with Crippen molar-refractivity contribution >= 4 is 5.97 Å². The molecular weight excluding hydrogens is 239 g/mol. The van der Waals surface area contributed by atoms with E-state index in [-0.39, 0.29) is 0 Å². The average Bonchev–Trinajstić information content (AvgIpc) is 2.35. The van der Waals surface area contributed by atoms with Crippen LogP contribution in [0.3, 0.4) is 0 Å². The molecule has 1 rings (SSSR count). The van der Waals surface area contributed by atoms with E-state index in [1.165, 1.54) is 32.4 Å². The summed E-state index contributed by atoms with van der Waals surface area (Å²) in [6.07, 6.45) is 0. The van der Waals surface area contributed by atoms with Crippen LogP contribution < -0.4 is 15.4 Å². The summed E-state index contributed by atoms with van der Waals surface area (Å²) in [5.74, 6) is -1.02. The van der Waals surface area contributed by atoms with E-state index in [0.29, 0.717) is 11.3 Å². The van der Waals surface area contributed by atoms with Crippen molar-refractivity contribution in [3.63, 3.8) is 0 Å². The van der Waals surface area contributed by atoms with Crippen LogP contribution in [0.1, 0.15) is 11.6 Å². The van der Waals surface area contributed by atoms with E-state index in [4.69, 9.17) is 9.84 Å². The summed E-state index contributed by atoms with van der Waals surface area (Å²) < 4.78 is 18.4. The lowest BCUT2D eigenvalue weighted by Crippen LogP contribution is -2.44. The minimum Gasteiger partial charge on any atom is -0.496 e. The highest BCUT2D eigenvalue weighted by atomic mass is 19.1. The predicted molar refractivity (Wildman–Crippen MR) is 65.2 cm³/mol. The summed E-state index contributed by atoms with van der Waals surface area (Å²) in [6, 6.07) is 2.53. The zero-order valence-electron chi connectivity index (χ0n) is 10.5. The Morgan fingerprint density at radius 2 is 2.06 bits per heavy atom. The molecule has 0 radical (unpaired) electrons. The fourth-order valence-electron chi connectivity index (χ4n) is 1.88. The van der Waals surface area contributed by atoms with Crippen molar-refractivity contribution in [3.8, 4) is 5.75 Å². The van der Waals surface area contributed by atoms with E-state index in [0.717, 1.165) is 0 Å². The van der Waals surface area contributed by atoms with Crippen LogP contribution in [0.25, 0.3) is 0 Å². The van der Waals surface area contributed by atoms with Crippen molar-refractivity contribution in [2.45, 2.75) is 12.1 Å². The van der Waals surface area contributed by atoms with Gasteiger partial charge in [-0.3, -0.25) is 4.79 Å². The highest BCUT2D eigenvalue weighted by Gasteiger charge is 2.29. The molecule has 100 valence electrons. The monoisotopic (exact) mass is 256 g/mol. The number of nitrogens with one attached hydrogen (secondary N) is 2. The van der Waals surface area contributed by atoms with Gasteiger partial charge in [0.05, 0.1) is 13.2 Å². The second-order valence-corrected chi connectivity index (χ2v) is 3.76. The first-order valence-corrected chi connectivity index (χ1v) is 5.46. The Labute approximate surface area is 105 Å². The molecule has 5 nitrogen and oxygen atoms in total. The molecule has 0 amide bonds. The molecule has 3 N–H and O–H groups in total. The molecule has 0 saturated carbocycles. The number of ether oxygens (including phenoxy) is 1. The number of carboxylic acids is 1. The Bertz CT molecular complexity index is 426.